The first kappa shape index (κ1) is 14.2. The maximum Gasteiger partial charge on any atom is 0.302 e. The first-order valence-corrected chi connectivity index (χ1v) is 4.79. The van der Waals surface area contributed by atoms with E-state index in [1.165, 1.54) is 20.6 Å². The fraction of sp³-hybridized carbons (Fsp3) is 0.700. The Morgan fingerprint density at radius 2 is 2.38 bits per heavy atom. The van der Waals surface area contributed by atoms with Gasteiger partial charge in [-0.05, 0) is 0 Å². The summed E-state index contributed by atoms with van der Waals surface area (Å²) in [7, 11) is 1.53. The second-order valence-electron chi connectivity index (χ2n) is 3.92. The van der Waals surface area contributed by atoms with Crippen molar-refractivity contribution in [2.75, 3.05) is 13.7 Å². The number of ether oxygens (including phenoxy) is 3. The summed E-state index contributed by atoms with van der Waals surface area (Å²) in [6.07, 6.45) is -0.0794. The molecule has 0 aromatic heterocycles. The first-order chi connectivity index (χ1) is 7.09. The molecule has 0 N–H and O–H groups in total. The SMILES string of the molecule is CO[C@H]1[C@@H]2[CH-]O[C@@]1(COC(C)=O)CC2=O.[U]. The van der Waals surface area contributed by atoms with Crippen LogP contribution in [0.25, 0.3) is 0 Å². The van der Waals surface area contributed by atoms with Gasteiger partial charge < -0.3 is 19.0 Å². The molecule has 88 valence electrons. The van der Waals surface area contributed by atoms with E-state index < -0.39 is 5.60 Å². The van der Waals surface area contributed by atoms with Gasteiger partial charge in [0.25, 0.3) is 0 Å². The molecule has 0 spiro atoms. The molecule has 2 bridgehead atoms. The average molecular weight is 451 g/mol. The van der Waals surface area contributed by atoms with Gasteiger partial charge >= 0.3 is 5.97 Å². The van der Waals surface area contributed by atoms with E-state index in [1.807, 2.05) is 0 Å². The predicted octanol–water partition coefficient (Wildman–Crippen LogP) is 0.0843. The third kappa shape index (κ3) is 2.21. The Labute approximate surface area is 118 Å². The van der Waals surface area contributed by atoms with Crippen molar-refractivity contribution >= 4 is 11.8 Å². The van der Waals surface area contributed by atoms with Gasteiger partial charge in [-0.25, -0.2) is 0 Å². The number of hydrogen-bond donors (Lipinski definition) is 0. The summed E-state index contributed by atoms with van der Waals surface area (Å²) in [5.74, 6) is -0.614. The standard InChI is InChI=1S/C10H13O5.U/c1-6(11)14-5-10-3-8(12)7(4-15-10)9(10)13-2;/h4,7,9H,3,5H2,1-2H3;/q-1;/t7-,9+,10-;/m1./s1. The molecule has 5 nitrogen and oxygen atoms in total. The average Bonchev–Trinajstić information content (AvgIpc) is 2.66. The minimum atomic E-state index is -0.790. The molecule has 2 aliphatic rings. The molecule has 16 heavy (non-hydrogen) atoms. The number of methoxy groups -OCH3 is 1. The number of Topliss-reactive ketones (excluding diaryl/α,β-unsaturated/α-hetero) is 1. The third-order valence-corrected chi connectivity index (χ3v) is 2.91. The number of esters is 1. The smallest absolute Gasteiger partial charge is 0.302 e. The fourth-order valence-corrected chi connectivity index (χ4v) is 2.23. The maximum atomic E-state index is 11.5. The summed E-state index contributed by atoms with van der Waals surface area (Å²) in [4.78, 5) is 22.3. The van der Waals surface area contributed by atoms with Crippen LogP contribution in [0, 0.1) is 43.6 Å². The van der Waals surface area contributed by atoms with Crippen molar-refractivity contribution in [3.8, 4) is 0 Å². The zero-order valence-electron chi connectivity index (χ0n) is 9.19. The van der Waals surface area contributed by atoms with Gasteiger partial charge in [0.05, 0.1) is 6.10 Å². The van der Waals surface area contributed by atoms with Crippen LogP contribution >= 0.6 is 0 Å². The second kappa shape index (κ2) is 5.18. The summed E-state index contributed by atoms with van der Waals surface area (Å²) >= 11 is 0. The van der Waals surface area contributed by atoms with E-state index in [0.29, 0.717) is 0 Å². The summed E-state index contributed by atoms with van der Waals surface area (Å²) < 4.78 is 15.6. The zero-order valence-corrected chi connectivity index (χ0v) is 13.4. The molecular weight excluding hydrogens is 438 g/mol. The number of carbonyl (C=O) groups is 2. The van der Waals surface area contributed by atoms with Gasteiger partial charge in [-0.1, -0.05) is 5.92 Å². The van der Waals surface area contributed by atoms with Crippen molar-refractivity contribution < 1.29 is 54.9 Å². The molecule has 1 aliphatic heterocycles. The van der Waals surface area contributed by atoms with Gasteiger partial charge in [-0.3, -0.25) is 4.79 Å². The van der Waals surface area contributed by atoms with Crippen molar-refractivity contribution in [2.45, 2.75) is 25.0 Å². The van der Waals surface area contributed by atoms with Crippen LogP contribution in [0.15, 0.2) is 0 Å². The van der Waals surface area contributed by atoms with Crippen molar-refractivity contribution in [1.29, 1.82) is 0 Å². The molecule has 1 saturated carbocycles. The van der Waals surface area contributed by atoms with Crippen LogP contribution in [0.4, 0.5) is 0 Å². The predicted molar refractivity (Wildman–Crippen MR) is 48.7 cm³/mol. The Balaban J connectivity index is 0.00000128. The van der Waals surface area contributed by atoms with Crippen LogP contribution in [0.3, 0.4) is 0 Å². The van der Waals surface area contributed by atoms with Gasteiger partial charge in [0, 0.05) is 51.6 Å². The monoisotopic (exact) mass is 451 g/mol. The number of carbonyl (C=O) groups excluding carboxylic acids is 2. The van der Waals surface area contributed by atoms with E-state index in [-0.39, 0.29) is 67.9 Å². The Kier molecular flexibility index (Phi) is 4.59. The van der Waals surface area contributed by atoms with Gasteiger partial charge in [0.1, 0.15) is 18.0 Å². The summed E-state index contributed by atoms with van der Waals surface area (Å²) in [6, 6.07) is 0. The van der Waals surface area contributed by atoms with E-state index in [9.17, 15) is 9.59 Å². The van der Waals surface area contributed by atoms with Crippen LogP contribution in [0.1, 0.15) is 13.3 Å². The Morgan fingerprint density at radius 1 is 1.69 bits per heavy atom. The molecule has 2 fully saturated rings. The molecule has 0 amide bonds. The molecule has 2 rings (SSSR count). The number of ketones is 1. The van der Waals surface area contributed by atoms with E-state index >= 15 is 0 Å². The molecule has 0 aromatic rings. The summed E-state index contributed by atoms with van der Waals surface area (Å²) in [6.45, 7) is 2.88. The van der Waals surface area contributed by atoms with E-state index in [2.05, 4.69) is 0 Å². The van der Waals surface area contributed by atoms with E-state index in [0.717, 1.165) is 0 Å². The van der Waals surface area contributed by atoms with Gasteiger partial charge in [-0.15, -0.1) is 0 Å². The Hall–Kier alpha value is 0.112. The van der Waals surface area contributed by atoms with Crippen molar-refractivity contribution in [1.82, 2.24) is 0 Å². The van der Waals surface area contributed by atoms with Crippen LogP contribution in [0.5, 0.6) is 0 Å². The molecule has 1 heterocycles. The van der Waals surface area contributed by atoms with Crippen LogP contribution in [0.2, 0.25) is 0 Å². The molecule has 0 aromatic carbocycles. The number of fused-ring (bicyclic) bond motifs is 2. The third-order valence-electron chi connectivity index (χ3n) is 2.91. The molecule has 3 atom stereocenters. The first-order valence-electron chi connectivity index (χ1n) is 4.79. The topological polar surface area (TPSA) is 61.8 Å². The van der Waals surface area contributed by atoms with Gasteiger partial charge in [0.2, 0.25) is 0 Å². The molecule has 0 unspecified atom stereocenters. The maximum absolute atomic E-state index is 11.5. The quantitative estimate of drug-likeness (QED) is 0.450. The molecule has 0 radical (unpaired) electrons. The molecule has 1 aliphatic carbocycles. The molecular formula is C10H13O5U-. The zero-order chi connectivity index (χ0) is 11.1. The van der Waals surface area contributed by atoms with E-state index in [4.69, 9.17) is 14.2 Å². The molecule has 6 heteroatoms. The Morgan fingerprint density at radius 3 is 2.88 bits per heavy atom. The largest absolute Gasteiger partial charge is 0.542 e. The fourth-order valence-electron chi connectivity index (χ4n) is 2.23. The van der Waals surface area contributed by atoms with Crippen LogP contribution in [-0.4, -0.2) is 37.2 Å². The minimum absolute atomic E-state index is 0. The summed E-state index contributed by atoms with van der Waals surface area (Å²) in [5, 5.41) is 0. The molecule has 1 saturated heterocycles. The van der Waals surface area contributed by atoms with Gasteiger partial charge in [-0.2, -0.15) is 6.61 Å². The van der Waals surface area contributed by atoms with Crippen molar-refractivity contribution in [2.24, 2.45) is 5.92 Å². The second-order valence-corrected chi connectivity index (χ2v) is 3.92. The minimum Gasteiger partial charge on any atom is -0.542 e. The van der Waals surface area contributed by atoms with Crippen LogP contribution < -0.4 is 0 Å². The summed E-state index contributed by atoms with van der Waals surface area (Å²) in [5.41, 5.74) is -0.790. The Bertz CT molecular complexity index is 306. The normalized spacial score (nSPS) is 36.0. The van der Waals surface area contributed by atoms with Crippen molar-refractivity contribution in [3.63, 3.8) is 0 Å². The van der Waals surface area contributed by atoms with E-state index in [1.54, 1.807) is 0 Å². The number of hydrogen-bond acceptors (Lipinski definition) is 5. The number of rotatable bonds is 3. The van der Waals surface area contributed by atoms with Crippen LogP contribution in [-0.2, 0) is 23.8 Å². The van der Waals surface area contributed by atoms with Gasteiger partial charge in [0.15, 0.2) is 0 Å². The van der Waals surface area contributed by atoms with Crippen molar-refractivity contribution in [3.05, 3.63) is 6.61 Å².